The summed E-state index contributed by atoms with van der Waals surface area (Å²) in [6.07, 6.45) is 38.3. The Kier molecular flexibility index (Phi) is 69.5. The van der Waals surface area contributed by atoms with Crippen LogP contribution in [0.25, 0.3) is 0 Å². The normalized spacial score (nSPS) is 7.04. The smallest absolute Gasteiger partial charge is 0.694 e. The Hall–Kier alpha value is -1.07. The first-order valence-corrected chi connectivity index (χ1v) is 9.24. The molecule has 0 saturated carbocycles. The molecule has 0 N–H and O–H groups in total. The molecule has 0 nitrogen and oxygen atoms in total. The van der Waals surface area contributed by atoms with Gasteiger partial charge in [0.1, 0.15) is 0 Å². The molecule has 0 saturated heterocycles. The molecule has 0 aromatic heterocycles. The second kappa shape index (κ2) is 49.5. The van der Waals surface area contributed by atoms with Gasteiger partial charge in [0.2, 0.25) is 0 Å². The van der Waals surface area contributed by atoms with Crippen molar-refractivity contribution in [1.29, 1.82) is 0 Å². The van der Waals surface area contributed by atoms with Crippen molar-refractivity contribution < 1.29 is 21.1 Å². The fraction of sp³-hybridized carbons (Fsp3) is 0.667. The van der Waals surface area contributed by atoms with Gasteiger partial charge >= 0.3 is 21.1 Å². The molecule has 0 fully saturated rings. The van der Waals surface area contributed by atoms with E-state index in [0.717, 1.165) is 51.4 Å². The Balaban J connectivity index is -0.0000000702. The SMILES string of the molecule is [C-]#CCCCC.[C-]#CCCCC.[C-]#CCCCC.[C-]#CCCCC.[Pt+4]. The van der Waals surface area contributed by atoms with Gasteiger partial charge in [-0.2, -0.15) is 0 Å². The van der Waals surface area contributed by atoms with Crippen LogP contribution in [0.1, 0.15) is 105 Å². The monoisotopic (exact) mass is 519 g/mol. The van der Waals surface area contributed by atoms with E-state index in [2.05, 4.69) is 51.4 Å². The summed E-state index contributed by atoms with van der Waals surface area (Å²) < 4.78 is 0. The molecular formula is C24H36Pt. The molecule has 25 heavy (non-hydrogen) atoms. The molecule has 0 spiro atoms. The van der Waals surface area contributed by atoms with E-state index in [4.69, 9.17) is 25.7 Å². The molecule has 142 valence electrons. The molecule has 0 aliphatic rings. The minimum Gasteiger partial charge on any atom is -0.694 e. The van der Waals surface area contributed by atoms with Gasteiger partial charge in [0.25, 0.3) is 0 Å². The van der Waals surface area contributed by atoms with Gasteiger partial charge < -0.3 is 49.4 Å². The van der Waals surface area contributed by atoms with Crippen LogP contribution in [0, 0.1) is 49.4 Å². The Morgan fingerprint density at radius 2 is 0.600 bits per heavy atom. The number of rotatable bonds is 8. The van der Waals surface area contributed by atoms with E-state index in [0.29, 0.717) is 0 Å². The van der Waals surface area contributed by atoms with Crippen molar-refractivity contribution >= 4 is 0 Å². The molecule has 0 aliphatic heterocycles. The third-order valence-corrected chi connectivity index (χ3v) is 2.62. The topological polar surface area (TPSA) is 0 Å². The molecule has 0 unspecified atom stereocenters. The second-order valence-electron chi connectivity index (χ2n) is 5.12. The Bertz CT molecular complexity index is 268. The maximum absolute atomic E-state index is 6.46. The van der Waals surface area contributed by atoms with E-state index in [1.165, 1.54) is 25.7 Å². The summed E-state index contributed by atoms with van der Waals surface area (Å²) in [6, 6.07) is 0. The van der Waals surface area contributed by atoms with Crippen LogP contribution in [0.15, 0.2) is 0 Å². The predicted octanol–water partition coefficient (Wildman–Crippen LogP) is 7.06. The molecule has 1 heteroatoms. The zero-order valence-corrected chi connectivity index (χ0v) is 19.1. The first-order valence-electron chi connectivity index (χ1n) is 9.24. The average molecular weight is 520 g/mol. The molecular weight excluding hydrogens is 483 g/mol. The number of unbranched alkanes of at least 4 members (excludes halogenated alkanes) is 8. The van der Waals surface area contributed by atoms with E-state index in [1.54, 1.807) is 0 Å². The Morgan fingerprint density at radius 3 is 0.640 bits per heavy atom. The van der Waals surface area contributed by atoms with Crippen LogP contribution in [0.4, 0.5) is 0 Å². The van der Waals surface area contributed by atoms with Crippen LogP contribution >= 0.6 is 0 Å². The van der Waals surface area contributed by atoms with Crippen LogP contribution in [0.2, 0.25) is 0 Å². The maximum Gasteiger partial charge on any atom is 4.00 e. The van der Waals surface area contributed by atoms with Crippen molar-refractivity contribution in [3.8, 4) is 23.7 Å². The average Bonchev–Trinajstić information content (AvgIpc) is 2.62. The molecule has 0 bridgehead atoms. The predicted molar refractivity (Wildman–Crippen MR) is 107 cm³/mol. The van der Waals surface area contributed by atoms with Gasteiger partial charge in [-0.25, -0.2) is 0 Å². The van der Waals surface area contributed by atoms with Crippen molar-refractivity contribution in [2.24, 2.45) is 0 Å². The van der Waals surface area contributed by atoms with E-state index >= 15 is 0 Å². The van der Waals surface area contributed by atoms with Gasteiger partial charge in [-0.05, 0) is 51.4 Å². The minimum absolute atomic E-state index is 0. The summed E-state index contributed by atoms with van der Waals surface area (Å²) in [7, 11) is 0. The number of hydrogen-bond donors (Lipinski definition) is 0. The summed E-state index contributed by atoms with van der Waals surface area (Å²) in [5, 5.41) is 0. The number of hydrogen-bond acceptors (Lipinski definition) is 0. The fourth-order valence-electron chi connectivity index (χ4n) is 1.06. The summed E-state index contributed by atoms with van der Waals surface area (Å²) in [5.74, 6) is 9.27. The summed E-state index contributed by atoms with van der Waals surface area (Å²) in [4.78, 5) is 0. The van der Waals surface area contributed by atoms with Crippen LogP contribution in [-0.2, 0) is 21.1 Å². The molecule has 0 aromatic rings. The van der Waals surface area contributed by atoms with Crippen LogP contribution in [0.5, 0.6) is 0 Å². The van der Waals surface area contributed by atoms with Gasteiger partial charge in [-0.3, -0.25) is 0 Å². The maximum atomic E-state index is 6.46. The first-order chi connectivity index (χ1) is 11.7. The zero-order valence-electron chi connectivity index (χ0n) is 16.8. The van der Waals surface area contributed by atoms with Gasteiger partial charge in [0.05, 0.1) is 0 Å². The van der Waals surface area contributed by atoms with Crippen molar-refractivity contribution in [2.45, 2.75) is 105 Å². The van der Waals surface area contributed by atoms with Gasteiger partial charge in [-0.15, -0.1) is 0 Å². The standard InChI is InChI=1S/4C6H9.Pt/c4*1-3-5-6-4-2;/h4*3,5-6H2,1H3;/q4*-1;+4. The van der Waals surface area contributed by atoms with Gasteiger partial charge in [0, 0.05) is 0 Å². The van der Waals surface area contributed by atoms with Crippen molar-refractivity contribution in [3.05, 3.63) is 25.7 Å². The summed E-state index contributed by atoms with van der Waals surface area (Å²) in [6.45, 7) is 8.43. The molecule has 0 rings (SSSR count). The molecule has 0 heterocycles. The Morgan fingerprint density at radius 1 is 0.440 bits per heavy atom. The van der Waals surface area contributed by atoms with Crippen molar-refractivity contribution in [3.63, 3.8) is 0 Å². The summed E-state index contributed by atoms with van der Waals surface area (Å²) in [5.41, 5.74) is 0. The largest absolute Gasteiger partial charge is 4.00 e. The molecule has 0 aliphatic carbocycles. The quantitative estimate of drug-likeness (QED) is 0.183. The first kappa shape index (κ1) is 35.1. The summed E-state index contributed by atoms with van der Waals surface area (Å²) >= 11 is 0. The van der Waals surface area contributed by atoms with Gasteiger partial charge in [-0.1, -0.05) is 53.4 Å². The van der Waals surface area contributed by atoms with Crippen LogP contribution < -0.4 is 0 Å². The molecule has 0 amide bonds. The van der Waals surface area contributed by atoms with E-state index in [1.807, 2.05) is 0 Å². The third kappa shape index (κ3) is 84.1. The van der Waals surface area contributed by atoms with Crippen LogP contribution in [0.3, 0.4) is 0 Å². The molecule has 0 atom stereocenters. The fourth-order valence-corrected chi connectivity index (χ4v) is 1.06. The van der Waals surface area contributed by atoms with E-state index < -0.39 is 0 Å². The third-order valence-electron chi connectivity index (χ3n) is 2.62. The van der Waals surface area contributed by atoms with E-state index in [9.17, 15) is 0 Å². The Labute approximate surface area is 175 Å². The molecule has 0 aromatic carbocycles. The van der Waals surface area contributed by atoms with Crippen LogP contribution in [-0.4, -0.2) is 0 Å². The second-order valence-corrected chi connectivity index (χ2v) is 5.12. The zero-order chi connectivity index (χ0) is 19.3. The van der Waals surface area contributed by atoms with Crippen molar-refractivity contribution in [1.82, 2.24) is 0 Å². The van der Waals surface area contributed by atoms with Crippen molar-refractivity contribution in [2.75, 3.05) is 0 Å². The minimum atomic E-state index is 0. The molecule has 0 radical (unpaired) electrons. The van der Waals surface area contributed by atoms with Gasteiger partial charge in [0.15, 0.2) is 0 Å². The van der Waals surface area contributed by atoms with E-state index in [-0.39, 0.29) is 21.1 Å².